The lowest BCUT2D eigenvalue weighted by Gasteiger charge is -2.43. The first-order valence-corrected chi connectivity index (χ1v) is 8.20. The maximum Gasteiger partial charge on any atom is 0.119 e. The molecule has 0 saturated carbocycles. The van der Waals surface area contributed by atoms with Gasteiger partial charge in [-0.05, 0) is 26.3 Å². The van der Waals surface area contributed by atoms with Crippen LogP contribution in [0.4, 0.5) is 0 Å². The summed E-state index contributed by atoms with van der Waals surface area (Å²) in [4.78, 5) is 0. The molecular formula is C20H28ClN. The van der Waals surface area contributed by atoms with E-state index in [0.29, 0.717) is 6.04 Å². The molecule has 0 aromatic heterocycles. The molecular weight excluding hydrogens is 290 g/mol. The van der Waals surface area contributed by atoms with E-state index >= 15 is 0 Å². The number of likely N-dealkylation sites (N-methyl/N-ethyl adjacent to an activating group) is 1. The van der Waals surface area contributed by atoms with Gasteiger partial charge in [-0.3, -0.25) is 0 Å². The zero-order chi connectivity index (χ0) is 15.1. The third-order valence-electron chi connectivity index (χ3n) is 5.01. The summed E-state index contributed by atoms with van der Waals surface area (Å²) in [5, 5.41) is 0. The van der Waals surface area contributed by atoms with Crippen molar-refractivity contribution in [2.75, 3.05) is 19.6 Å². The molecule has 0 aliphatic heterocycles. The number of quaternary nitrogens is 1. The normalized spacial score (nSPS) is 12.5. The van der Waals surface area contributed by atoms with Gasteiger partial charge in [0.1, 0.15) is 6.04 Å². The third kappa shape index (κ3) is 4.12. The van der Waals surface area contributed by atoms with Gasteiger partial charge >= 0.3 is 0 Å². The highest BCUT2D eigenvalue weighted by Crippen LogP contribution is 2.31. The van der Waals surface area contributed by atoms with Crippen molar-refractivity contribution in [3.8, 4) is 0 Å². The van der Waals surface area contributed by atoms with Crippen LogP contribution in [0.3, 0.4) is 0 Å². The second kappa shape index (κ2) is 8.97. The highest BCUT2D eigenvalue weighted by Gasteiger charge is 2.33. The molecule has 22 heavy (non-hydrogen) atoms. The molecule has 0 radical (unpaired) electrons. The van der Waals surface area contributed by atoms with E-state index in [4.69, 9.17) is 0 Å². The average Bonchev–Trinajstić information content (AvgIpc) is 2.57. The number of halogens is 1. The molecule has 0 saturated heterocycles. The molecule has 2 aromatic rings. The van der Waals surface area contributed by atoms with E-state index in [2.05, 4.69) is 81.4 Å². The van der Waals surface area contributed by atoms with Gasteiger partial charge in [0.2, 0.25) is 0 Å². The van der Waals surface area contributed by atoms with Gasteiger partial charge < -0.3 is 16.9 Å². The summed E-state index contributed by atoms with van der Waals surface area (Å²) in [6, 6.07) is 22.5. The van der Waals surface area contributed by atoms with Crippen LogP contribution in [0.2, 0.25) is 0 Å². The standard InChI is InChI=1S/C20H28N.ClH/c1-4-21(5-2,6-3)20(19-15-11-8-12-16-19)17-18-13-9-7-10-14-18;/h7-16,20H,4-6,17H2,1-3H3;1H/q+1;/p-1. The van der Waals surface area contributed by atoms with Crippen LogP contribution in [-0.2, 0) is 6.42 Å². The number of rotatable bonds is 7. The third-order valence-corrected chi connectivity index (χ3v) is 5.01. The molecule has 2 aromatic carbocycles. The molecule has 1 unspecified atom stereocenters. The van der Waals surface area contributed by atoms with Crippen molar-refractivity contribution >= 4 is 0 Å². The largest absolute Gasteiger partial charge is 1.00 e. The summed E-state index contributed by atoms with van der Waals surface area (Å²) in [6.07, 6.45) is 1.11. The zero-order valence-electron chi connectivity index (χ0n) is 14.0. The quantitative estimate of drug-likeness (QED) is 0.684. The van der Waals surface area contributed by atoms with Crippen LogP contribution in [-0.4, -0.2) is 24.1 Å². The summed E-state index contributed by atoms with van der Waals surface area (Å²) < 4.78 is 1.15. The van der Waals surface area contributed by atoms with E-state index < -0.39 is 0 Å². The molecule has 2 rings (SSSR count). The predicted octanol–water partition coefficient (Wildman–Crippen LogP) is 1.85. The molecule has 1 atom stereocenters. The topological polar surface area (TPSA) is 0 Å². The van der Waals surface area contributed by atoms with E-state index in [1.165, 1.54) is 30.8 Å². The van der Waals surface area contributed by atoms with Gasteiger partial charge in [0.15, 0.2) is 0 Å². The highest BCUT2D eigenvalue weighted by molar-refractivity contribution is 5.22. The van der Waals surface area contributed by atoms with Gasteiger partial charge in [-0.15, -0.1) is 0 Å². The van der Waals surface area contributed by atoms with Crippen molar-refractivity contribution in [2.24, 2.45) is 0 Å². The second-order valence-corrected chi connectivity index (χ2v) is 5.78. The van der Waals surface area contributed by atoms with Crippen LogP contribution in [0, 0.1) is 0 Å². The number of hydrogen-bond donors (Lipinski definition) is 0. The van der Waals surface area contributed by atoms with E-state index in [1.807, 2.05) is 0 Å². The minimum Gasteiger partial charge on any atom is -1.00 e. The van der Waals surface area contributed by atoms with Gasteiger partial charge in [-0.1, -0.05) is 60.7 Å². The Kier molecular flexibility index (Phi) is 7.64. The lowest BCUT2D eigenvalue weighted by Crippen LogP contribution is -3.00. The molecule has 2 heteroatoms. The van der Waals surface area contributed by atoms with Gasteiger partial charge in [-0.25, -0.2) is 0 Å². The summed E-state index contributed by atoms with van der Waals surface area (Å²) in [7, 11) is 0. The van der Waals surface area contributed by atoms with Gasteiger partial charge in [0, 0.05) is 12.0 Å². The fraction of sp³-hybridized carbons (Fsp3) is 0.400. The molecule has 0 N–H and O–H groups in total. The Bertz CT molecular complexity index is 512. The summed E-state index contributed by atoms with van der Waals surface area (Å²) in [5.41, 5.74) is 2.90. The Hall–Kier alpha value is -1.31. The average molecular weight is 318 g/mol. The fourth-order valence-electron chi connectivity index (χ4n) is 3.47. The van der Waals surface area contributed by atoms with Gasteiger partial charge in [0.05, 0.1) is 19.6 Å². The van der Waals surface area contributed by atoms with Crippen molar-refractivity contribution in [1.29, 1.82) is 0 Å². The van der Waals surface area contributed by atoms with Crippen molar-refractivity contribution in [2.45, 2.75) is 33.2 Å². The van der Waals surface area contributed by atoms with Crippen molar-refractivity contribution in [1.82, 2.24) is 0 Å². The summed E-state index contributed by atoms with van der Waals surface area (Å²) >= 11 is 0. The van der Waals surface area contributed by atoms with E-state index in [1.54, 1.807) is 0 Å². The molecule has 120 valence electrons. The van der Waals surface area contributed by atoms with E-state index in [9.17, 15) is 0 Å². The molecule has 0 spiro atoms. The molecule has 0 heterocycles. The molecule has 0 aliphatic carbocycles. The summed E-state index contributed by atoms with van der Waals surface area (Å²) in [6.45, 7) is 10.5. The lowest BCUT2D eigenvalue weighted by atomic mass is 9.94. The molecule has 0 bridgehead atoms. The minimum atomic E-state index is 0. The van der Waals surface area contributed by atoms with Crippen LogP contribution >= 0.6 is 0 Å². The first-order chi connectivity index (χ1) is 10.3. The number of hydrogen-bond acceptors (Lipinski definition) is 0. The van der Waals surface area contributed by atoms with Crippen molar-refractivity contribution in [3.05, 3.63) is 71.8 Å². The Balaban J connectivity index is 0.00000242. The van der Waals surface area contributed by atoms with Crippen molar-refractivity contribution < 1.29 is 16.9 Å². The smallest absolute Gasteiger partial charge is 0.119 e. The van der Waals surface area contributed by atoms with Gasteiger partial charge in [-0.2, -0.15) is 0 Å². The SMILES string of the molecule is CC[N+](CC)(CC)C(Cc1ccccc1)c1ccccc1.[Cl-]. The monoisotopic (exact) mass is 317 g/mol. The first-order valence-electron chi connectivity index (χ1n) is 8.20. The van der Waals surface area contributed by atoms with Crippen LogP contribution in [0.25, 0.3) is 0 Å². The Morgan fingerprint density at radius 1 is 0.727 bits per heavy atom. The summed E-state index contributed by atoms with van der Waals surface area (Å²) in [5.74, 6) is 0. The highest BCUT2D eigenvalue weighted by atomic mass is 35.5. The Labute approximate surface area is 142 Å². The maximum absolute atomic E-state index is 2.33. The maximum atomic E-state index is 2.33. The van der Waals surface area contributed by atoms with Crippen molar-refractivity contribution in [3.63, 3.8) is 0 Å². The van der Waals surface area contributed by atoms with E-state index in [0.717, 1.165) is 10.9 Å². The van der Waals surface area contributed by atoms with Crippen LogP contribution in [0.1, 0.15) is 37.9 Å². The Morgan fingerprint density at radius 3 is 1.64 bits per heavy atom. The molecule has 1 nitrogen and oxygen atoms in total. The first kappa shape index (κ1) is 18.7. The second-order valence-electron chi connectivity index (χ2n) is 5.78. The van der Waals surface area contributed by atoms with Crippen LogP contribution in [0.5, 0.6) is 0 Å². The number of nitrogens with zero attached hydrogens (tertiary/aromatic N) is 1. The minimum absolute atomic E-state index is 0. The lowest BCUT2D eigenvalue weighted by molar-refractivity contribution is -0.952. The molecule has 0 fully saturated rings. The Morgan fingerprint density at radius 2 is 1.18 bits per heavy atom. The fourth-order valence-corrected chi connectivity index (χ4v) is 3.47. The molecule has 0 aliphatic rings. The molecule has 0 amide bonds. The van der Waals surface area contributed by atoms with Gasteiger partial charge in [0.25, 0.3) is 0 Å². The number of benzene rings is 2. The zero-order valence-corrected chi connectivity index (χ0v) is 14.8. The predicted molar refractivity (Wildman–Crippen MR) is 91.2 cm³/mol. The van der Waals surface area contributed by atoms with E-state index in [-0.39, 0.29) is 12.4 Å². The van der Waals surface area contributed by atoms with Crippen LogP contribution < -0.4 is 12.4 Å². The van der Waals surface area contributed by atoms with Crippen LogP contribution in [0.15, 0.2) is 60.7 Å².